The number of hydrogen-bond acceptors (Lipinski definition) is 4. The molecule has 4 nitrogen and oxygen atoms in total. The van der Waals surface area contributed by atoms with E-state index >= 15 is 0 Å². The van der Waals surface area contributed by atoms with Gasteiger partial charge in [0.1, 0.15) is 0 Å². The molecular formula is C10H13NaO4S. The van der Waals surface area contributed by atoms with Crippen LogP contribution in [0.5, 0.6) is 0 Å². The third-order valence-corrected chi connectivity index (χ3v) is 2.41. The molecule has 0 saturated carbocycles. The van der Waals surface area contributed by atoms with Crippen LogP contribution < -0.4 is 29.6 Å². The predicted octanol–water partition coefficient (Wildman–Crippen LogP) is -1.59. The van der Waals surface area contributed by atoms with Crippen molar-refractivity contribution in [3.05, 3.63) is 35.4 Å². The third kappa shape index (κ3) is 7.38. The zero-order valence-electron chi connectivity index (χ0n) is 9.47. The van der Waals surface area contributed by atoms with Gasteiger partial charge in [0.05, 0.1) is 6.61 Å². The molecule has 0 atom stereocenters. The van der Waals surface area contributed by atoms with E-state index in [4.69, 9.17) is 0 Å². The van der Waals surface area contributed by atoms with Crippen LogP contribution in [-0.2, 0) is 21.0 Å². The fourth-order valence-electron chi connectivity index (χ4n) is 1.19. The van der Waals surface area contributed by atoms with Gasteiger partial charge in [-0.25, -0.2) is 8.42 Å². The van der Waals surface area contributed by atoms with Crippen LogP contribution in [0.2, 0.25) is 0 Å². The van der Waals surface area contributed by atoms with Crippen molar-refractivity contribution in [3.63, 3.8) is 0 Å². The molecule has 0 aromatic heterocycles. The molecule has 0 fully saturated rings. The van der Waals surface area contributed by atoms with E-state index in [1.165, 1.54) is 5.56 Å². The maximum absolute atomic E-state index is 10.1. The maximum Gasteiger partial charge on any atom is 1.00 e. The number of benzene rings is 1. The topological polar surface area (TPSA) is 66.4 Å². The fourth-order valence-corrected chi connectivity index (χ4v) is 1.51. The summed E-state index contributed by atoms with van der Waals surface area (Å²) in [4.78, 5) is 0. The van der Waals surface area contributed by atoms with Gasteiger partial charge in [-0.05, 0) is 25.3 Å². The monoisotopic (exact) mass is 252 g/mol. The van der Waals surface area contributed by atoms with Crippen LogP contribution in [0.3, 0.4) is 0 Å². The van der Waals surface area contributed by atoms with Crippen LogP contribution in [0.4, 0.5) is 0 Å². The minimum Gasteiger partial charge on any atom is -0.726 e. The van der Waals surface area contributed by atoms with E-state index in [9.17, 15) is 13.0 Å². The van der Waals surface area contributed by atoms with Crippen LogP contribution in [0.1, 0.15) is 17.5 Å². The summed E-state index contributed by atoms with van der Waals surface area (Å²) in [6.07, 6.45) is 1.22. The normalized spacial score (nSPS) is 10.9. The molecule has 0 N–H and O–H groups in total. The van der Waals surface area contributed by atoms with Crippen LogP contribution in [0.25, 0.3) is 0 Å². The summed E-state index contributed by atoms with van der Waals surface area (Å²) in [5, 5.41) is 0. The molecule has 0 heterocycles. The summed E-state index contributed by atoms with van der Waals surface area (Å²) in [6, 6.07) is 7.92. The Labute approximate surface area is 118 Å². The van der Waals surface area contributed by atoms with E-state index in [1.807, 2.05) is 31.2 Å². The van der Waals surface area contributed by atoms with Crippen molar-refractivity contribution in [1.29, 1.82) is 0 Å². The smallest absolute Gasteiger partial charge is 0.726 e. The fraction of sp³-hybridized carbons (Fsp3) is 0.400. The molecule has 0 saturated heterocycles. The molecule has 6 heteroatoms. The average molecular weight is 252 g/mol. The first-order valence-electron chi connectivity index (χ1n) is 4.63. The zero-order valence-corrected chi connectivity index (χ0v) is 12.3. The second-order valence-corrected chi connectivity index (χ2v) is 4.37. The van der Waals surface area contributed by atoms with Gasteiger partial charge in [0.15, 0.2) is 0 Å². The van der Waals surface area contributed by atoms with Crippen molar-refractivity contribution in [2.75, 3.05) is 6.61 Å². The van der Waals surface area contributed by atoms with Gasteiger partial charge in [0.2, 0.25) is 10.4 Å². The quantitative estimate of drug-likeness (QED) is 0.274. The van der Waals surface area contributed by atoms with E-state index in [0.717, 1.165) is 5.56 Å². The molecule has 0 spiro atoms. The molecular weight excluding hydrogens is 239 g/mol. The largest absolute Gasteiger partial charge is 1.00 e. The number of aryl methyl sites for hydroxylation is 2. The van der Waals surface area contributed by atoms with Crippen molar-refractivity contribution >= 4 is 10.4 Å². The van der Waals surface area contributed by atoms with Crippen LogP contribution in [-0.4, -0.2) is 19.6 Å². The van der Waals surface area contributed by atoms with E-state index in [0.29, 0.717) is 12.8 Å². The average Bonchev–Trinajstić information content (AvgIpc) is 2.14. The molecule has 0 bridgehead atoms. The summed E-state index contributed by atoms with van der Waals surface area (Å²) in [7, 11) is -4.54. The Bertz CT molecular complexity index is 399. The maximum atomic E-state index is 10.1. The van der Waals surface area contributed by atoms with Gasteiger partial charge in [-0.15, -0.1) is 0 Å². The summed E-state index contributed by atoms with van der Waals surface area (Å²) >= 11 is 0. The first-order chi connectivity index (χ1) is 6.97. The van der Waals surface area contributed by atoms with E-state index in [2.05, 4.69) is 4.18 Å². The van der Waals surface area contributed by atoms with E-state index in [1.54, 1.807) is 0 Å². The Morgan fingerprint density at radius 3 is 2.31 bits per heavy atom. The summed E-state index contributed by atoms with van der Waals surface area (Å²) < 4.78 is 34.4. The van der Waals surface area contributed by atoms with Gasteiger partial charge in [0.25, 0.3) is 0 Å². The van der Waals surface area contributed by atoms with Crippen LogP contribution in [0.15, 0.2) is 24.3 Å². The Kier molecular flexibility index (Phi) is 7.46. The van der Waals surface area contributed by atoms with Gasteiger partial charge in [-0.2, -0.15) is 0 Å². The summed E-state index contributed by atoms with van der Waals surface area (Å²) in [6.45, 7) is 1.94. The molecule has 1 rings (SSSR count). The van der Waals surface area contributed by atoms with Gasteiger partial charge >= 0.3 is 29.6 Å². The molecule has 0 amide bonds. The van der Waals surface area contributed by atoms with Crippen molar-refractivity contribution < 1.29 is 46.7 Å². The minimum absolute atomic E-state index is 0. The van der Waals surface area contributed by atoms with Crippen LogP contribution in [0, 0.1) is 6.92 Å². The number of rotatable bonds is 5. The predicted molar refractivity (Wildman–Crippen MR) is 55.1 cm³/mol. The van der Waals surface area contributed by atoms with E-state index < -0.39 is 10.4 Å². The standard InChI is InChI=1S/C10H14O4S.Na/c1-9-4-6-10(7-5-9)3-2-8-14-15(11,12)13;/h4-7H,2-3,8H2,1H3,(H,11,12,13);/q;+1/p-1. The molecule has 1 aromatic rings. The molecule has 0 aliphatic carbocycles. The molecule has 84 valence electrons. The first kappa shape index (κ1) is 16.1. The molecule has 1 aromatic carbocycles. The van der Waals surface area contributed by atoms with Gasteiger partial charge in [-0.3, -0.25) is 4.18 Å². The van der Waals surface area contributed by atoms with Crippen molar-refractivity contribution in [2.45, 2.75) is 19.8 Å². The molecule has 0 radical (unpaired) electrons. The van der Waals surface area contributed by atoms with Crippen molar-refractivity contribution in [2.24, 2.45) is 0 Å². The van der Waals surface area contributed by atoms with Gasteiger partial charge in [0, 0.05) is 0 Å². The second-order valence-electron chi connectivity index (χ2n) is 3.32. The second kappa shape index (κ2) is 7.42. The zero-order chi connectivity index (χ0) is 11.3. The van der Waals surface area contributed by atoms with Gasteiger partial charge in [-0.1, -0.05) is 29.8 Å². The Balaban J connectivity index is 0.00000225. The first-order valence-corrected chi connectivity index (χ1v) is 5.96. The number of hydrogen-bond donors (Lipinski definition) is 0. The SMILES string of the molecule is Cc1ccc(CCCOS(=O)(=O)[O-])cc1.[Na+]. The summed E-state index contributed by atoms with van der Waals surface area (Å²) in [5.41, 5.74) is 2.28. The van der Waals surface area contributed by atoms with Gasteiger partial charge < -0.3 is 4.55 Å². The van der Waals surface area contributed by atoms with Crippen molar-refractivity contribution in [3.8, 4) is 0 Å². The Morgan fingerprint density at radius 2 is 1.81 bits per heavy atom. The Hall–Kier alpha value is 0.0900. The molecule has 0 aliphatic rings. The Morgan fingerprint density at radius 1 is 1.25 bits per heavy atom. The molecule has 0 aliphatic heterocycles. The molecule has 16 heavy (non-hydrogen) atoms. The van der Waals surface area contributed by atoms with Crippen molar-refractivity contribution in [1.82, 2.24) is 0 Å². The summed E-state index contributed by atoms with van der Waals surface area (Å²) in [5.74, 6) is 0. The molecule has 0 unspecified atom stereocenters. The van der Waals surface area contributed by atoms with E-state index in [-0.39, 0.29) is 36.2 Å². The third-order valence-electron chi connectivity index (χ3n) is 1.96. The minimum atomic E-state index is -4.54. The van der Waals surface area contributed by atoms with Crippen LogP contribution >= 0.6 is 0 Å².